The number of rotatable bonds is 3. The van der Waals surface area contributed by atoms with E-state index in [1.807, 2.05) is 19.1 Å². The third-order valence-corrected chi connectivity index (χ3v) is 3.63. The number of aryl methyl sites for hydroxylation is 1. The molecular weight excluding hydrogens is 243 g/mol. The number of halogens is 1. The maximum absolute atomic E-state index is 13.2. The normalized spacial score (nSPS) is 20.0. The van der Waals surface area contributed by atoms with E-state index >= 15 is 0 Å². The topological polar surface area (TPSA) is 29.3 Å². The van der Waals surface area contributed by atoms with Gasteiger partial charge in [-0.05, 0) is 44.0 Å². The van der Waals surface area contributed by atoms with Crippen LogP contribution < -0.4 is 0 Å². The van der Waals surface area contributed by atoms with Crippen LogP contribution in [0, 0.1) is 12.7 Å². The third-order valence-electron chi connectivity index (χ3n) is 3.63. The predicted molar refractivity (Wildman–Crippen MR) is 70.0 cm³/mol. The van der Waals surface area contributed by atoms with Gasteiger partial charge in [0, 0.05) is 12.6 Å². The van der Waals surface area contributed by atoms with E-state index < -0.39 is 0 Å². The lowest BCUT2D eigenvalue weighted by Crippen LogP contribution is -2.23. The highest BCUT2D eigenvalue weighted by Gasteiger charge is 2.28. The summed E-state index contributed by atoms with van der Waals surface area (Å²) in [6.45, 7) is 3.68. The molecule has 0 radical (unpaired) electrons. The van der Waals surface area contributed by atoms with Crippen LogP contribution in [0.15, 0.2) is 34.9 Å². The zero-order chi connectivity index (χ0) is 13.2. The number of likely N-dealkylation sites (tertiary alicyclic amines) is 1. The van der Waals surface area contributed by atoms with Crippen LogP contribution >= 0.6 is 0 Å². The van der Waals surface area contributed by atoms with Crippen molar-refractivity contribution in [2.45, 2.75) is 32.4 Å². The second-order valence-corrected chi connectivity index (χ2v) is 5.12. The third kappa shape index (κ3) is 2.68. The summed E-state index contributed by atoms with van der Waals surface area (Å²) in [5.41, 5.74) is 2.00. The van der Waals surface area contributed by atoms with Crippen molar-refractivity contribution in [1.29, 1.82) is 0 Å². The Morgan fingerprint density at radius 2 is 2.32 bits per heavy atom. The van der Waals surface area contributed by atoms with Gasteiger partial charge in [-0.25, -0.2) is 4.39 Å². The molecule has 0 saturated carbocycles. The summed E-state index contributed by atoms with van der Waals surface area (Å²) in [5.74, 6) is 0.665. The van der Waals surface area contributed by atoms with Crippen LogP contribution in [-0.2, 0) is 6.54 Å². The van der Waals surface area contributed by atoms with Crippen LogP contribution in [0.25, 0.3) is 0 Å². The van der Waals surface area contributed by atoms with Crippen LogP contribution in [-0.4, -0.2) is 16.6 Å². The molecule has 0 N–H and O–H groups in total. The molecular formula is C15H17FN2O. The van der Waals surface area contributed by atoms with Gasteiger partial charge in [0.2, 0.25) is 0 Å². The van der Waals surface area contributed by atoms with E-state index in [-0.39, 0.29) is 5.82 Å². The van der Waals surface area contributed by atoms with Crippen molar-refractivity contribution in [1.82, 2.24) is 10.1 Å². The van der Waals surface area contributed by atoms with Crippen molar-refractivity contribution in [3.63, 3.8) is 0 Å². The Labute approximate surface area is 112 Å². The molecule has 0 aliphatic carbocycles. The fourth-order valence-corrected chi connectivity index (χ4v) is 2.76. The second kappa shape index (κ2) is 5.13. The van der Waals surface area contributed by atoms with Gasteiger partial charge in [0.05, 0.1) is 6.04 Å². The van der Waals surface area contributed by atoms with Crippen LogP contribution in [0.3, 0.4) is 0 Å². The summed E-state index contributed by atoms with van der Waals surface area (Å²) in [6.07, 6.45) is 2.23. The number of hydrogen-bond donors (Lipinski definition) is 0. The minimum atomic E-state index is -0.175. The first-order chi connectivity index (χ1) is 9.22. The summed E-state index contributed by atoms with van der Waals surface area (Å²) in [4.78, 5) is 2.34. The molecule has 0 spiro atoms. The Kier molecular flexibility index (Phi) is 3.34. The Morgan fingerprint density at radius 3 is 3.05 bits per heavy atom. The summed E-state index contributed by atoms with van der Waals surface area (Å²) >= 11 is 0. The van der Waals surface area contributed by atoms with Crippen LogP contribution in [0.5, 0.6) is 0 Å². The standard InChI is InChI=1S/C15H17FN2O/c1-11-8-14(17-19-11)15-6-3-7-18(15)10-12-4-2-5-13(16)9-12/h2,4-5,8-9,15H,3,6-7,10H2,1H3/t15-/m0/s1. The molecule has 3 nitrogen and oxygen atoms in total. The quantitative estimate of drug-likeness (QED) is 0.846. The van der Waals surface area contributed by atoms with E-state index in [0.29, 0.717) is 6.04 Å². The molecule has 1 aliphatic heterocycles. The lowest BCUT2D eigenvalue weighted by molar-refractivity contribution is 0.236. The van der Waals surface area contributed by atoms with Crippen LogP contribution in [0.2, 0.25) is 0 Å². The fourth-order valence-electron chi connectivity index (χ4n) is 2.76. The Hall–Kier alpha value is -1.68. The average molecular weight is 260 g/mol. The summed E-state index contributed by atoms with van der Waals surface area (Å²) in [6, 6.07) is 9.09. The molecule has 0 unspecified atom stereocenters. The van der Waals surface area contributed by atoms with Crippen molar-refractivity contribution in [3.05, 3.63) is 53.2 Å². The van der Waals surface area contributed by atoms with Crippen LogP contribution in [0.4, 0.5) is 4.39 Å². The molecule has 1 atom stereocenters. The molecule has 2 aromatic rings. The maximum Gasteiger partial charge on any atom is 0.133 e. The SMILES string of the molecule is Cc1cc([C@@H]2CCCN2Cc2cccc(F)c2)no1. The number of nitrogens with zero attached hydrogens (tertiary/aromatic N) is 2. The van der Waals surface area contributed by atoms with Gasteiger partial charge in [-0.1, -0.05) is 17.3 Å². The van der Waals surface area contributed by atoms with E-state index in [0.717, 1.165) is 42.9 Å². The minimum absolute atomic E-state index is 0.175. The van der Waals surface area contributed by atoms with Gasteiger partial charge < -0.3 is 4.52 Å². The van der Waals surface area contributed by atoms with E-state index in [9.17, 15) is 4.39 Å². The molecule has 19 heavy (non-hydrogen) atoms. The smallest absolute Gasteiger partial charge is 0.133 e. The van der Waals surface area contributed by atoms with Crippen LogP contribution in [0.1, 0.15) is 35.9 Å². The first-order valence-electron chi connectivity index (χ1n) is 6.64. The molecule has 2 heterocycles. The molecule has 1 aromatic heterocycles. The minimum Gasteiger partial charge on any atom is -0.361 e. The molecule has 1 aromatic carbocycles. The number of benzene rings is 1. The maximum atomic E-state index is 13.2. The van der Waals surface area contributed by atoms with Crippen molar-refractivity contribution in [2.75, 3.05) is 6.54 Å². The average Bonchev–Trinajstić information content (AvgIpc) is 2.98. The molecule has 1 saturated heterocycles. The van der Waals surface area contributed by atoms with Gasteiger partial charge in [-0.15, -0.1) is 0 Å². The first-order valence-corrected chi connectivity index (χ1v) is 6.64. The van der Waals surface area contributed by atoms with E-state index in [1.54, 1.807) is 12.1 Å². The van der Waals surface area contributed by atoms with Crippen molar-refractivity contribution in [2.24, 2.45) is 0 Å². The summed E-state index contributed by atoms with van der Waals surface area (Å²) < 4.78 is 18.4. The van der Waals surface area contributed by atoms with Crippen molar-refractivity contribution >= 4 is 0 Å². The monoisotopic (exact) mass is 260 g/mol. The Balaban J connectivity index is 1.76. The molecule has 0 amide bonds. The predicted octanol–water partition coefficient (Wildman–Crippen LogP) is 3.46. The Morgan fingerprint density at radius 1 is 1.42 bits per heavy atom. The largest absolute Gasteiger partial charge is 0.361 e. The van der Waals surface area contributed by atoms with Gasteiger partial charge in [-0.3, -0.25) is 4.90 Å². The van der Waals surface area contributed by atoms with Gasteiger partial charge in [0.15, 0.2) is 0 Å². The molecule has 1 aliphatic rings. The van der Waals surface area contributed by atoms with E-state index in [4.69, 9.17) is 4.52 Å². The molecule has 3 rings (SSSR count). The molecule has 100 valence electrons. The lowest BCUT2D eigenvalue weighted by Gasteiger charge is -2.22. The first kappa shape index (κ1) is 12.4. The zero-order valence-corrected chi connectivity index (χ0v) is 11.0. The van der Waals surface area contributed by atoms with Crippen molar-refractivity contribution < 1.29 is 8.91 Å². The number of aromatic nitrogens is 1. The van der Waals surface area contributed by atoms with Gasteiger partial charge in [-0.2, -0.15) is 0 Å². The highest BCUT2D eigenvalue weighted by atomic mass is 19.1. The highest BCUT2D eigenvalue weighted by molar-refractivity contribution is 5.18. The molecule has 4 heteroatoms. The molecule has 1 fully saturated rings. The van der Waals surface area contributed by atoms with Crippen molar-refractivity contribution in [3.8, 4) is 0 Å². The van der Waals surface area contributed by atoms with Gasteiger partial charge in [0.25, 0.3) is 0 Å². The van der Waals surface area contributed by atoms with Gasteiger partial charge in [0.1, 0.15) is 17.3 Å². The van der Waals surface area contributed by atoms with E-state index in [1.165, 1.54) is 6.07 Å². The highest BCUT2D eigenvalue weighted by Crippen LogP contribution is 2.32. The summed E-state index contributed by atoms with van der Waals surface area (Å²) in [5, 5.41) is 4.12. The Bertz CT molecular complexity index is 567. The lowest BCUT2D eigenvalue weighted by atomic mass is 10.1. The number of hydrogen-bond acceptors (Lipinski definition) is 3. The summed E-state index contributed by atoms with van der Waals surface area (Å²) in [7, 11) is 0. The van der Waals surface area contributed by atoms with E-state index in [2.05, 4.69) is 10.1 Å². The molecule has 0 bridgehead atoms. The fraction of sp³-hybridized carbons (Fsp3) is 0.400. The van der Waals surface area contributed by atoms with Gasteiger partial charge >= 0.3 is 0 Å². The second-order valence-electron chi connectivity index (χ2n) is 5.12. The zero-order valence-electron chi connectivity index (χ0n) is 11.0.